The van der Waals surface area contributed by atoms with Gasteiger partial charge in [-0.3, -0.25) is 4.57 Å². The van der Waals surface area contributed by atoms with Crippen molar-refractivity contribution in [2.24, 2.45) is 0 Å². The summed E-state index contributed by atoms with van der Waals surface area (Å²) in [6, 6.07) is 8.80. The number of nitrogens with zero attached hydrogens (tertiary/aromatic N) is 7. The third-order valence-electron chi connectivity index (χ3n) is 4.83. The van der Waals surface area contributed by atoms with E-state index in [1.807, 2.05) is 16.7 Å². The van der Waals surface area contributed by atoms with Crippen LogP contribution in [0.3, 0.4) is 0 Å². The first-order valence-corrected chi connectivity index (χ1v) is 8.65. The van der Waals surface area contributed by atoms with Crippen molar-refractivity contribution in [3.8, 4) is 23.4 Å². The van der Waals surface area contributed by atoms with Gasteiger partial charge >= 0.3 is 0 Å². The zero-order valence-electron chi connectivity index (χ0n) is 14.5. The molecule has 132 valence electrons. The Kier molecular flexibility index (Phi) is 3.31. The molecule has 5 rings (SSSR count). The van der Waals surface area contributed by atoms with Gasteiger partial charge in [-0.15, -0.1) is 5.10 Å². The molecule has 0 radical (unpaired) electrons. The number of pyridine rings is 1. The monoisotopic (exact) mass is 359 g/mol. The summed E-state index contributed by atoms with van der Waals surface area (Å²) in [4.78, 5) is 13.3. The average molecular weight is 359 g/mol. The first kappa shape index (κ1) is 15.6. The van der Waals surface area contributed by atoms with Crippen LogP contribution in [0.2, 0.25) is 0 Å². The summed E-state index contributed by atoms with van der Waals surface area (Å²) in [6.07, 6.45) is 4.31. The highest BCUT2D eigenvalue weighted by Crippen LogP contribution is 2.30. The second-order valence-corrected chi connectivity index (χ2v) is 6.50. The van der Waals surface area contributed by atoms with Gasteiger partial charge in [-0.25, -0.2) is 23.9 Å². The lowest BCUT2D eigenvalue weighted by Crippen LogP contribution is -2.08. The second-order valence-electron chi connectivity index (χ2n) is 6.50. The summed E-state index contributed by atoms with van der Waals surface area (Å²) in [5, 5.41) is 13.9. The molecule has 0 saturated heterocycles. The predicted octanol–water partition coefficient (Wildman–Crippen LogP) is 2.78. The van der Waals surface area contributed by atoms with E-state index in [2.05, 4.69) is 21.1 Å². The molecule has 0 saturated carbocycles. The van der Waals surface area contributed by atoms with Crippen LogP contribution >= 0.6 is 0 Å². The maximum atomic E-state index is 13.7. The summed E-state index contributed by atoms with van der Waals surface area (Å²) in [5.74, 6) is 0.917. The normalized spacial score (nSPS) is 13.1. The van der Waals surface area contributed by atoms with Crippen molar-refractivity contribution < 1.29 is 4.39 Å². The Hall–Kier alpha value is -3.60. The lowest BCUT2D eigenvalue weighted by molar-refractivity contribution is 0.610. The van der Waals surface area contributed by atoms with E-state index < -0.39 is 0 Å². The first-order valence-electron chi connectivity index (χ1n) is 8.65. The molecule has 1 aliphatic carbocycles. The van der Waals surface area contributed by atoms with Crippen molar-refractivity contribution in [2.75, 3.05) is 0 Å². The van der Waals surface area contributed by atoms with Crippen molar-refractivity contribution >= 4 is 5.65 Å². The van der Waals surface area contributed by atoms with Gasteiger partial charge in [0.1, 0.15) is 17.6 Å². The van der Waals surface area contributed by atoms with Gasteiger partial charge in [0.25, 0.3) is 0 Å². The minimum Gasteiger partial charge on any atom is -0.278 e. The molecule has 0 aliphatic heterocycles. The van der Waals surface area contributed by atoms with E-state index in [0.29, 0.717) is 34.4 Å². The molecule has 1 aliphatic rings. The summed E-state index contributed by atoms with van der Waals surface area (Å²) in [7, 11) is 0. The number of aryl methyl sites for hydroxylation is 2. The summed E-state index contributed by atoms with van der Waals surface area (Å²) >= 11 is 0. The summed E-state index contributed by atoms with van der Waals surface area (Å²) in [5.41, 5.74) is 3.98. The van der Waals surface area contributed by atoms with Crippen LogP contribution in [0.1, 0.15) is 29.2 Å². The molecule has 8 heteroatoms. The fourth-order valence-electron chi connectivity index (χ4n) is 3.53. The predicted molar refractivity (Wildman–Crippen MR) is 94.8 cm³/mol. The molecular formula is C19H14FN7. The fourth-order valence-corrected chi connectivity index (χ4v) is 3.53. The first-order chi connectivity index (χ1) is 13.2. The molecule has 0 spiro atoms. The quantitative estimate of drug-likeness (QED) is 0.549. The Balaban J connectivity index is 1.76. The Morgan fingerprint density at radius 1 is 1.15 bits per heavy atom. The van der Waals surface area contributed by atoms with Crippen molar-refractivity contribution in [1.82, 2.24) is 29.1 Å². The van der Waals surface area contributed by atoms with Crippen LogP contribution in [-0.4, -0.2) is 29.1 Å². The number of hydrogen-bond donors (Lipinski definition) is 0. The van der Waals surface area contributed by atoms with Crippen LogP contribution in [0.25, 0.3) is 23.0 Å². The highest BCUT2D eigenvalue weighted by Gasteiger charge is 2.25. The minimum absolute atomic E-state index is 0.326. The zero-order chi connectivity index (χ0) is 18.5. The SMILES string of the molecule is Cc1nc(-c2nc3c(n2-c2ccc4ncc(C#N)n4n2)CCC3)ccc1F. The number of hydrogen-bond acceptors (Lipinski definition) is 5. The van der Waals surface area contributed by atoms with E-state index in [0.717, 1.165) is 30.7 Å². The topological polar surface area (TPSA) is 84.7 Å². The lowest BCUT2D eigenvalue weighted by atomic mass is 10.2. The molecule has 4 heterocycles. The summed E-state index contributed by atoms with van der Waals surface area (Å²) < 4.78 is 17.2. The number of nitriles is 1. The van der Waals surface area contributed by atoms with Crippen molar-refractivity contribution in [2.45, 2.75) is 26.2 Å². The lowest BCUT2D eigenvalue weighted by Gasteiger charge is -2.11. The molecule has 0 bridgehead atoms. The van der Waals surface area contributed by atoms with Gasteiger partial charge in [0.15, 0.2) is 23.0 Å². The number of imidazole rings is 2. The van der Waals surface area contributed by atoms with E-state index in [1.54, 1.807) is 13.0 Å². The van der Waals surface area contributed by atoms with E-state index in [-0.39, 0.29) is 5.82 Å². The Morgan fingerprint density at radius 3 is 2.85 bits per heavy atom. The molecular weight excluding hydrogens is 345 g/mol. The molecule has 0 N–H and O–H groups in total. The van der Waals surface area contributed by atoms with Gasteiger partial charge in [0.2, 0.25) is 0 Å². The van der Waals surface area contributed by atoms with Crippen LogP contribution in [-0.2, 0) is 12.8 Å². The molecule has 0 atom stereocenters. The highest BCUT2D eigenvalue weighted by atomic mass is 19.1. The van der Waals surface area contributed by atoms with Crippen LogP contribution in [0.5, 0.6) is 0 Å². The summed E-state index contributed by atoms with van der Waals surface area (Å²) in [6.45, 7) is 1.63. The standard InChI is InChI=1S/C19H14FN7/c1-11-13(20)5-6-15(23-11)19-24-14-3-2-4-16(14)26(19)18-8-7-17-22-10-12(9-21)27(17)25-18/h5-8,10H,2-4H2,1H3. The maximum Gasteiger partial charge on any atom is 0.165 e. The van der Waals surface area contributed by atoms with Crippen LogP contribution in [0, 0.1) is 24.1 Å². The Morgan fingerprint density at radius 2 is 2.04 bits per heavy atom. The Labute approximate surface area is 153 Å². The highest BCUT2D eigenvalue weighted by molar-refractivity contribution is 5.57. The third-order valence-corrected chi connectivity index (χ3v) is 4.83. The minimum atomic E-state index is -0.346. The largest absolute Gasteiger partial charge is 0.278 e. The molecule has 0 fully saturated rings. The third kappa shape index (κ3) is 2.32. The van der Waals surface area contributed by atoms with Gasteiger partial charge in [-0.05, 0) is 50.5 Å². The number of rotatable bonds is 2. The van der Waals surface area contributed by atoms with E-state index in [9.17, 15) is 9.65 Å². The average Bonchev–Trinajstić information content (AvgIpc) is 3.36. The smallest absolute Gasteiger partial charge is 0.165 e. The maximum absolute atomic E-state index is 13.7. The molecule has 4 aromatic rings. The molecule has 4 aromatic heterocycles. The number of aromatic nitrogens is 6. The zero-order valence-corrected chi connectivity index (χ0v) is 14.5. The van der Waals surface area contributed by atoms with E-state index >= 15 is 0 Å². The van der Waals surface area contributed by atoms with Crippen molar-refractivity contribution in [3.63, 3.8) is 0 Å². The van der Waals surface area contributed by atoms with E-state index in [1.165, 1.54) is 16.8 Å². The number of fused-ring (bicyclic) bond motifs is 2. The van der Waals surface area contributed by atoms with Crippen LogP contribution in [0.15, 0.2) is 30.5 Å². The second kappa shape index (κ2) is 5.71. The Bertz CT molecular complexity index is 1250. The molecule has 0 unspecified atom stereocenters. The van der Waals surface area contributed by atoms with Crippen LogP contribution < -0.4 is 0 Å². The van der Waals surface area contributed by atoms with Crippen LogP contribution in [0.4, 0.5) is 4.39 Å². The molecule has 0 amide bonds. The van der Waals surface area contributed by atoms with Gasteiger partial charge in [-0.2, -0.15) is 5.26 Å². The molecule has 0 aromatic carbocycles. The van der Waals surface area contributed by atoms with Gasteiger partial charge in [-0.1, -0.05) is 0 Å². The van der Waals surface area contributed by atoms with Crippen molar-refractivity contribution in [3.05, 3.63) is 59.1 Å². The molecule has 7 nitrogen and oxygen atoms in total. The van der Waals surface area contributed by atoms with Gasteiger partial charge in [0.05, 0.1) is 17.6 Å². The van der Waals surface area contributed by atoms with Gasteiger partial charge < -0.3 is 0 Å². The van der Waals surface area contributed by atoms with E-state index in [4.69, 9.17) is 4.98 Å². The molecule has 27 heavy (non-hydrogen) atoms. The number of halogens is 1. The van der Waals surface area contributed by atoms with Gasteiger partial charge in [0, 0.05) is 5.69 Å². The fraction of sp³-hybridized carbons (Fsp3) is 0.211. The van der Waals surface area contributed by atoms with Crippen molar-refractivity contribution in [1.29, 1.82) is 5.26 Å².